The Morgan fingerprint density at radius 1 is 1.64 bits per heavy atom. The van der Waals surface area contributed by atoms with E-state index in [2.05, 4.69) is 0 Å². The molecule has 0 radical (unpaired) electrons. The summed E-state index contributed by atoms with van der Waals surface area (Å²) < 4.78 is 26.2. The Labute approximate surface area is 81.9 Å². The fourth-order valence-corrected chi connectivity index (χ4v) is 1.91. The van der Waals surface area contributed by atoms with E-state index >= 15 is 0 Å². The van der Waals surface area contributed by atoms with E-state index in [1.165, 1.54) is 5.94 Å². The van der Waals surface area contributed by atoms with Gasteiger partial charge in [-0.25, -0.2) is 9.86 Å². The molecule has 1 atom stereocenters. The molecule has 1 rings (SSSR count). The van der Waals surface area contributed by atoms with Crippen molar-refractivity contribution in [1.82, 2.24) is 5.06 Å². The van der Waals surface area contributed by atoms with Crippen LogP contribution in [0.3, 0.4) is 0 Å². The van der Waals surface area contributed by atoms with Crippen LogP contribution in [-0.2, 0) is 19.1 Å². The lowest BCUT2D eigenvalue weighted by atomic mass is 10.1. The molecule has 1 aliphatic rings. The predicted octanol–water partition coefficient (Wildman–Crippen LogP) is -0.468. The van der Waals surface area contributed by atoms with E-state index in [0.717, 1.165) is 11.3 Å². The first kappa shape index (κ1) is 11.2. The standard InChI is InChI=1S/C7H11NO5S/c1-14(11,12)13-7-2-3-8(10)6(4-7)5-9/h7,10H,2-4H2,1H3. The van der Waals surface area contributed by atoms with Gasteiger partial charge in [-0.2, -0.15) is 8.42 Å². The monoisotopic (exact) mass is 221 g/mol. The molecule has 0 aromatic rings. The smallest absolute Gasteiger partial charge is 0.264 e. The minimum absolute atomic E-state index is 0.0184. The molecule has 1 saturated heterocycles. The van der Waals surface area contributed by atoms with E-state index in [9.17, 15) is 13.2 Å². The number of nitrogens with zero attached hydrogens (tertiary/aromatic N) is 1. The van der Waals surface area contributed by atoms with Crippen LogP contribution in [0.1, 0.15) is 12.8 Å². The first-order valence-corrected chi connectivity index (χ1v) is 5.82. The molecule has 1 heterocycles. The molecule has 0 aromatic carbocycles. The Bertz CT molecular complexity index is 356. The fraction of sp³-hybridized carbons (Fsp3) is 0.714. The second-order valence-electron chi connectivity index (χ2n) is 3.09. The maximum atomic E-state index is 10.8. The summed E-state index contributed by atoms with van der Waals surface area (Å²) in [6, 6.07) is 0. The summed E-state index contributed by atoms with van der Waals surface area (Å²) in [5.74, 6) is 1.54. The van der Waals surface area contributed by atoms with Gasteiger partial charge in [0.25, 0.3) is 10.1 Å². The quantitative estimate of drug-likeness (QED) is 0.501. The third-order valence-corrected chi connectivity index (χ3v) is 2.45. The van der Waals surface area contributed by atoms with Crippen molar-refractivity contribution in [3.63, 3.8) is 0 Å². The maximum Gasteiger partial charge on any atom is 0.264 e. The highest BCUT2D eigenvalue weighted by molar-refractivity contribution is 7.86. The molecule has 0 bridgehead atoms. The molecule has 14 heavy (non-hydrogen) atoms. The normalized spacial score (nSPS) is 23.4. The van der Waals surface area contributed by atoms with Gasteiger partial charge in [0.2, 0.25) is 0 Å². The van der Waals surface area contributed by atoms with Gasteiger partial charge in [0.15, 0.2) is 0 Å². The van der Waals surface area contributed by atoms with Crippen LogP contribution in [0.25, 0.3) is 0 Å². The van der Waals surface area contributed by atoms with E-state index in [1.54, 1.807) is 0 Å². The van der Waals surface area contributed by atoms with Gasteiger partial charge in [-0.15, -0.1) is 0 Å². The summed E-state index contributed by atoms with van der Waals surface area (Å²) in [6.45, 7) is 0.171. The van der Waals surface area contributed by atoms with Gasteiger partial charge >= 0.3 is 0 Å². The Hall–Kier alpha value is -0.880. The summed E-state index contributed by atoms with van der Waals surface area (Å²) in [6.07, 6.45) is 0.787. The van der Waals surface area contributed by atoms with Crippen molar-refractivity contribution in [1.29, 1.82) is 0 Å². The van der Waals surface area contributed by atoms with Crippen LogP contribution >= 0.6 is 0 Å². The lowest BCUT2D eigenvalue weighted by molar-refractivity contribution is -0.0816. The van der Waals surface area contributed by atoms with Gasteiger partial charge in [-0.3, -0.25) is 9.39 Å². The van der Waals surface area contributed by atoms with Gasteiger partial charge in [-0.05, 0) is 6.42 Å². The average Bonchev–Trinajstić information content (AvgIpc) is 2.06. The van der Waals surface area contributed by atoms with Crippen LogP contribution in [0.5, 0.6) is 0 Å². The highest BCUT2D eigenvalue weighted by Crippen LogP contribution is 2.20. The van der Waals surface area contributed by atoms with E-state index in [-0.39, 0.29) is 18.7 Å². The van der Waals surface area contributed by atoms with Crippen LogP contribution in [0.15, 0.2) is 5.70 Å². The third-order valence-electron chi connectivity index (χ3n) is 1.82. The predicted molar refractivity (Wildman–Crippen MR) is 46.6 cm³/mol. The lowest BCUT2D eigenvalue weighted by Crippen LogP contribution is -2.34. The zero-order valence-corrected chi connectivity index (χ0v) is 8.45. The molecule has 1 fully saturated rings. The number of piperidine rings is 1. The van der Waals surface area contributed by atoms with Crippen molar-refractivity contribution in [3.05, 3.63) is 5.70 Å². The molecule has 0 amide bonds. The topological polar surface area (TPSA) is 83.9 Å². The van der Waals surface area contributed by atoms with Crippen LogP contribution in [0, 0.1) is 0 Å². The van der Waals surface area contributed by atoms with E-state index in [1.807, 2.05) is 0 Å². The molecule has 1 aliphatic heterocycles. The van der Waals surface area contributed by atoms with Crippen molar-refractivity contribution in [2.24, 2.45) is 0 Å². The molecule has 0 saturated carbocycles. The minimum atomic E-state index is -3.52. The molecular formula is C7H11NO5S. The summed E-state index contributed by atoms with van der Waals surface area (Å²) in [4.78, 5) is 10.3. The average molecular weight is 221 g/mol. The van der Waals surface area contributed by atoms with Crippen molar-refractivity contribution < 1.29 is 22.6 Å². The molecule has 0 spiro atoms. The number of rotatable bonds is 2. The van der Waals surface area contributed by atoms with E-state index in [4.69, 9.17) is 9.39 Å². The Balaban J connectivity index is 2.65. The summed E-state index contributed by atoms with van der Waals surface area (Å²) >= 11 is 0. The summed E-state index contributed by atoms with van der Waals surface area (Å²) in [5.41, 5.74) is 0.0184. The number of hydroxylamine groups is 2. The van der Waals surface area contributed by atoms with Gasteiger partial charge < -0.3 is 0 Å². The van der Waals surface area contributed by atoms with Crippen molar-refractivity contribution in [2.45, 2.75) is 18.9 Å². The lowest BCUT2D eigenvalue weighted by Gasteiger charge is -2.27. The molecule has 7 heteroatoms. The molecular weight excluding hydrogens is 210 g/mol. The molecule has 1 N–H and O–H groups in total. The summed E-state index contributed by atoms with van der Waals surface area (Å²) in [7, 11) is -3.52. The van der Waals surface area contributed by atoms with Crippen LogP contribution < -0.4 is 0 Å². The van der Waals surface area contributed by atoms with Crippen molar-refractivity contribution >= 4 is 16.1 Å². The van der Waals surface area contributed by atoms with Crippen LogP contribution in [-0.4, -0.2) is 43.5 Å². The minimum Gasteiger partial charge on any atom is -0.288 e. The zero-order chi connectivity index (χ0) is 10.8. The van der Waals surface area contributed by atoms with E-state index < -0.39 is 16.2 Å². The fourth-order valence-electron chi connectivity index (χ4n) is 1.25. The van der Waals surface area contributed by atoms with Crippen LogP contribution in [0.2, 0.25) is 0 Å². The zero-order valence-electron chi connectivity index (χ0n) is 7.63. The third kappa shape index (κ3) is 3.12. The number of hydrogen-bond acceptors (Lipinski definition) is 6. The molecule has 0 aromatic heterocycles. The molecule has 80 valence electrons. The first-order valence-electron chi connectivity index (χ1n) is 4.01. The number of carbonyl (C=O) groups excluding carboxylic acids is 1. The Morgan fingerprint density at radius 3 is 2.79 bits per heavy atom. The largest absolute Gasteiger partial charge is 0.288 e. The molecule has 6 nitrogen and oxygen atoms in total. The van der Waals surface area contributed by atoms with E-state index in [0.29, 0.717) is 6.42 Å². The van der Waals surface area contributed by atoms with Gasteiger partial charge in [-0.1, -0.05) is 0 Å². The second-order valence-corrected chi connectivity index (χ2v) is 4.69. The highest BCUT2D eigenvalue weighted by Gasteiger charge is 2.26. The maximum absolute atomic E-state index is 10.8. The summed E-state index contributed by atoms with van der Waals surface area (Å²) in [5, 5.41) is 9.87. The SMILES string of the molecule is CS(=O)(=O)OC1CCN(O)C(=C=O)C1. The second kappa shape index (κ2) is 4.10. The van der Waals surface area contributed by atoms with Crippen LogP contribution in [0.4, 0.5) is 0 Å². The highest BCUT2D eigenvalue weighted by atomic mass is 32.2. The van der Waals surface area contributed by atoms with Crippen molar-refractivity contribution in [3.8, 4) is 0 Å². The van der Waals surface area contributed by atoms with Gasteiger partial charge in [0.1, 0.15) is 11.6 Å². The Kier molecular flexibility index (Phi) is 3.28. The number of hydrogen-bond donors (Lipinski definition) is 1. The Morgan fingerprint density at radius 2 is 2.29 bits per heavy atom. The van der Waals surface area contributed by atoms with Crippen molar-refractivity contribution in [2.75, 3.05) is 12.8 Å². The van der Waals surface area contributed by atoms with Gasteiger partial charge in [0, 0.05) is 13.0 Å². The molecule has 1 unspecified atom stereocenters. The van der Waals surface area contributed by atoms with Gasteiger partial charge in [0.05, 0.1) is 12.4 Å². The first-order chi connectivity index (χ1) is 6.42. The molecule has 0 aliphatic carbocycles.